The van der Waals surface area contributed by atoms with Crippen molar-refractivity contribution in [1.29, 1.82) is 0 Å². The lowest BCUT2D eigenvalue weighted by atomic mass is 9.91. The fourth-order valence-corrected chi connectivity index (χ4v) is 2.63. The van der Waals surface area contributed by atoms with Crippen molar-refractivity contribution >= 4 is 13.4 Å². The van der Waals surface area contributed by atoms with E-state index in [1.807, 2.05) is 45.9 Å². The van der Waals surface area contributed by atoms with Crippen LogP contribution in [0.1, 0.15) is 16.7 Å². The van der Waals surface area contributed by atoms with Gasteiger partial charge in [-0.05, 0) is 23.3 Å². The Morgan fingerprint density at radius 3 is 1.71 bits per heavy atom. The molecule has 1 aromatic rings. The Kier molecular flexibility index (Phi) is 3.36. The highest BCUT2D eigenvalue weighted by atomic mass is 15.0. The maximum Gasteiger partial charge on any atom is 0.147 e. The second-order valence-electron chi connectivity index (χ2n) is 5.09. The topological polar surface area (TPSA) is 6.02 Å². The zero-order valence-corrected chi connectivity index (χ0v) is 12.2. The molecule has 2 nitrogen and oxygen atoms in total. The Labute approximate surface area is 126 Å². The second-order valence-corrected chi connectivity index (χ2v) is 5.09. The molecule has 0 spiro atoms. The van der Waals surface area contributed by atoms with Crippen LogP contribution in [0.5, 0.6) is 0 Å². The summed E-state index contributed by atoms with van der Waals surface area (Å²) < 4.78 is 3.80. The van der Waals surface area contributed by atoms with E-state index in [1.54, 1.807) is 0 Å². The Balaban J connectivity index is 2.03. The van der Waals surface area contributed by atoms with Gasteiger partial charge in [-0.3, -0.25) is 9.15 Å². The lowest BCUT2D eigenvalue weighted by Crippen LogP contribution is -2.18. The lowest BCUT2D eigenvalue weighted by Gasteiger charge is -2.24. The van der Waals surface area contributed by atoms with E-state index >= 15 is 0 Å². The largest absolute Gasteiger partial charge is 0.255 e. The summed E-state index contributed by atoms with van der Waals surface area (Å²) in [4.78, 5) is 0. The minimum Gasteiger partial charge on any atom is -0.255 e. The lowest BCUT2D eigenvalue weighted by molar-refractivity contribution is -0.419. The summed E-state index contributed by atoms with van der Waals surface area (Å²) in [6.45, 7) is 10.3. The van der Waals surface area contributed by atoms with Gasteiger partial charge >= 0.3 is 0 Å². The van der Waals surface area contributed by atoms with E-state index in [4.69, 9.17) is 0 Å². The van der Waals surface area contributed by atoms with Crippen LogP contribution in [-0.2, 0) is 0 Å². The van der Waals surface area contributed by atoms with Gasteiger partial charge in [-0.2, -0.15) is 0 Å². The van der Waals surface area contributed by atoms with Crippen LogP contribution in [0.25, 0.3) is 0 Å². The first-order valence-electron chi connectivity index (χ1n) is 6.92. The van der Waals surface area contributed by atoms with Crippen molar-refractivity contribution in [3.63, 3.8) is 0 Å². The van der Waals surface area contributed by atoms with Gasteiger partial charge in [0.25, 0.3) is 0 Å². The van der Waals surface area contributed by atoms with E-state index in [0.717, 1.165) is 12.1 Å². The molecule has 0 saturated carbocycles. The molecule has 0 atom stereocenters. The smallest absolute Gasteiger partial charge is 0.147 e. The van der Waals surface area contributed by atoms with Crippen LogP contribution in [-0.4, -0.2) is 22.6 Å². The fraction of sp³-hybridized carbons (Fsp3) is 0.0526. The predicted octanol–water partition coefficient (Wildman–Crippen LogP) is 3.35. The van der Waals surface area contributed by atoms with Crippen LogP contribution >= 0.6 is 0 Å². The van der Waals surface area contributed by atoms with Gasteiger partial charge in [0.15, 0.2) is 0 Å². The van der Waals surface area contributed by atoms with E-state index in [9.17, 15) is 0 Å². The second kappa shape index (κ2) is 5.33. The first-order valence-corrected chi connectivity index (χ1v) is 6.92. The van der Waals surface area contributed by atoms with Crippen molar-refractivity contribution in [3.8, 4) is 0 Å². The average Bonchev–Trinajstić information content (AvgIpc) is 2.49. The number of benzene rings is 1. The van der Waals surface area contributed by atoms with Gasteiger partial charge < -0.3 is 0 Å². The van der Waals surface area contributed by atoms with Crippen LogP contribution in [0.4, 0.5) is 0 Å². The van der Waals surface area contributed by atoms with Gasteiger partial charge in [-0.1, -0.05) is 24.6 Å². The summed E-state index contributed by atoms with van der Waals surface area (Å²) in [6, 6.07) is 8.54. The van der Waals surface area contributed by atoms with Crippen LogP contribution in [0, 0.1) is 19.0 Å². The quantitative estimate of drug-likeness (QED) is 0.576. The molecule has 0 unspecified atom stereocenters. The molecule has 2 heteroatoms. The predicted molar refractivity (Wildman–Crippen MR) is 87.2 cm³/mol. The normalized spacial score (nSPS) is 17.0. The number of nitrogens with zero attached hydrogens (tertiary/aromatic N) is 2. The van der Waals surface area contributed by atoms with Crippen molar-refractivity contribution < 1.29 is 9.15 Å². The third-order valence-corrected chi connectivity index (χ3v) is 3.77. The van der Waals surface area contributed by atoms with Gasteiger partial charge in [0.2, 0.25) is 0 Å². The molecule has 2 aliphatic rings. The molecule has 3 rings (SSSR count). The molecule has 21 heavy (non-hydrogen) atoms. The minimum absolute atomic E-state index is 1.10. The number of hydrogen-bond donors (Lipinski definition) is 0. The monoisotopic (exact) mass is 274 g/mol. The zero-order valence-electron chi connectivity index (χ0n) is 12.2. The van der Waals surface area contributed by atoms with E-state index in [0.29, 0.717) is 0 Å². The van der Waals surface area contributed by atoms with E-state index < -0.39 is 0 Å². The summed E-state index contributed by atoms with van der Waals surface area (Å²) in [7, 11) is 0. The molecular formula is C19H18N2. The molecule has 1 aromatic carbocycles. The Bertz CT molecular complexity index is 659. The van der Waals surface area contributed by atoms with Gasteiger partial charge in [0.1, 0.15) is 24.5 Å². The van der Waals surface area contributed by atoms with Crippen molar-refractivity contribution in [2.75, 3.05) is 0 Å². The summed E-state index contributed by atoms with van der Waals surface area (Å²) in [5.74, 6) is 0. The molecule has 0 amide bonds. The van der Waals surface area contributed by atoms with Crippen molar-refractivity contribution in [1.82, 2.24) is 0 Å². The molecule has 0 bridgehead atoms. The van der Waals surface area contributed by atoms with Gasteiger partial charge in [-0.15, -0.1) is 30.4 Å². The highest BCUT2D eigenvalue weighted by Gasteiger charge is 2.21. The summed E-state index contributed by atoms with van der Waals surface area (Å²) >= 11 is 0. The van der Waals surface area contributed by atoms with E-state index in [2.05, 4.69) is 50.7 Å². The minimum atomic E-state index is 1.10. The number of hydrogen-bond acceptors (Lipinski definition) is 0. The van der Waals surface area contributed by atoms with E-state index in [-0.39, 0.29) is 0 Å². The Morgan fingerprint density at radius 2 is 1.29 bits per heavy atom. The molecule has 0 N–H and O–H groups in total. The molecule has 0 radical (unpaired) electrons. The molecule has 2 heterocycles. The summed E-state index contributed by atoms with van der Waals surface area (Å²) in [6.07, 6.45) is 16.1. The molecular weight excluding hydrogens is 256 g/mol. The van der Waals surface area contributed by atoms with Crippen molar-refractivity contribution in [2.45, 2.75) is 6.92 Å². The molecule has 0 aromatic heterocycles. The third-order valence-electron chi connectivity index (χ3n) is 3.77. The van der Waals surface area contributed by atoms with Crippen LogP contribution < -0.4 is 0 Å². The molecule has 0 saturated heterocycles. The van der Waals surface area contributed by atoms with Gasteiger partial charge in [-0.25, -0.2) is 0 Å². The first-order chi connectivity index (χ1) is 10.2. The molecule has 0 aliphatic carbocycles. The standard InChI is InChI=1S/C19H18N2/c1-15-16(18-11-4-6-13-20(18)2)9-8-10-17(15)19-12-5-7-14-21(19)3/h4-14H,2-3H2,1H3. The highest BCUT2D eigenvalue weighted by Crippen LogP contribution is 2.30. The van der Waals surface area contributed by atoms with Gasteiger partial charge in [0.05, 0.1) is 13.4 Å². The molecule has 2 aliphatic heterocycles. The first kappa shape index (κ1) is 13.3. The zero-order chi connectivity index (χ0) is 14.8. The Morgan fingerprint density at radius 1 is 0.810 bits per heavy atom. The maximum absolute atomic E-state index is 4.06. The van der Waals surface area contributed by atoms with Crippen LogP contribution in [0.2, 0.25) is 0 Å². The van der Waals surface area contributed by atoms with Crippen molar-refractivity contribution in [2.24, 2.45) is 0 Å². The fourth-order valence-electron chi connectivity index (χ4n) is 2.63. The highest BCUT2D eigenvalue weighted by molar-refractivity contribution is 5.51. The SMILES string of the molecule is C=[N+]1C=CC=C[C-]1c1cccc([C-]2C=CC=C[N+]2=C)c1C. The average molecular weight is 274 g/mol. The van der Waals surface area contributed by atoms with E-state index in [1.165, 1.54) is 16.7 Å². The number of rotatable bonds is 2. The molecule has 0 fully saturated rings. The Hall–Kier alpha value is -2.74. The summed E-state index contributed by atoms with van der Waals surface area (Å²) in [5.41, 5.74) is 3.60. The van der Waals surface area contributed by atoms with Crippen molar-refractivity contribution in [3.05, 3.63) is 95.8 Å². The maximum atomic E-state index is 4.06. The number of allylic oxidation sites excluding steroid dienone is 4. The van der Waals surface area contributed by atoms with Gasteiger partial charge in [0, 0.05) is 0 Å². The third kappa shape index (κ3) is 2.36. The molecule has 104 valence electrons. The van der Waals surface area contributed by atoms with Crippen LogP contribution in [0.15, 0.2) is 67.1 Å². The van der Waals surface area contributed by atoms with Crippen LogP contribution in [0.3, 0.4) is 0 Å². The summed E-state index contributed by atoms with van der Waals surface area (Å²) in [5, 5.41) is 0.